The van der Waals surface area contributed by atoms with Gasteiger partial charge >= 0.3 is 0 Å². The van der Waals surface area contributed by atoms with Crippen LogP contribution in [0.5, 0.6) is 0 Å². The number of hydrogen-bond acceptors (Lipinski definition) is 7. The topological polar surface area (TPSA) is 122 Å². The zero-order valence-electron chi connectivity index (χ0n) is 15.3. The number of nitrogens with one attached hydrogen (secondary N) is 2. The number of anilines is 1. The van der Waals surface area contributed by atoms with Crippen molar-refractivity contribution >= 4 is 17.9 Å². The van der Waals surface area contributed by atoms with Gasteiger partial charge in [-0.15, -0.1) is 0 Å². The van der Waals surface area contributed by atoms with Crippen LogP contribution in [0, 0.1) is 13.8 Å². The van der Waals surface area contributed by atoms with Crippen molar-refractivity contribution in [1.29, 1.82) is 0 Å². The van der Waals surface area contributed by atoms with Crippen LogP contribution >= 0.6 is 0 Å². The van der Waals surface area contributed by atoms with Gasteiger partial charge in [0.25, 0.3) is 0 Å². The summed E-state index contributed by atoms with van der Waals surface area (Å²) in [5, 5.41) is 5.02. The fraction of sp³-hybridized carbons (Fsp3) is 0.500. The van der Waals surface area contributed by atoms with E-state index in [-0.39, 0.29) is 12.1 Å². The molecule has 0 radical (unpaired) electrons. The minimum atomic E-state index is -0.691. The Morgan fingerprint density at radius 3 is 2.73 bits per heavy atom. The van der Waals surface area contributed by atoms with Crippen molar-refractivity contribution < 1.29 is 4.79 Å². The lowest BCUT2D eigenvalue weighted by molar-refractivity contribution is -0.120. The largest absolute Gasteiger partial charge is 0.367 e. The van der Waals surface area contributed by atoms with Crippen molar-refractivity contribution in [3.63, 3.8) is 0 Å². The molecule has 1 aliphatic heterocycles. The second-order valence-corrected chi connectivity index (χ2v) is 6.96. The van der Waals surface area contributed by atoms with Gasteiger partial charge in [0.15, 0.2) is 6.04 Å². The fourth-order valence-corrected chi connectivity index (χ4v) is 3.21. The number of amides is 1. The Hall–Kier alpha value is -2.61. The third kappa shape index (κ3) is 4.13. The predicted molar refractivity (Wildman–Crippen MR) is 102 cm³/mol. The third-order valence-electron chi connectivity index (χ3n) is 4.95. The molecule has 0 bridgehead atoms. The number of carbonyl (C=O) groups is 1. The molecular weight excluding hydrogens is 330 g/mol. The highest BCUT2D eigenvalue weighted by Gasteiger charge is 2.27. The number of hydrazine groups is 1. The van der Waals surface area contributed by atoms with Crippen LogP contribution in [-0.4, -0.2) is 40.2 Å². The van der Waals surface area contributed by atoms with Crippen LogP contribution in [0.15, 0.2) is 29.1 Å². The molecule has 0 aromatic carbocycles. The summed E-state index contributed by atoms with van der Waals surface area (Å²) in [6, 6.07) is 3.44. The van der Waals surface area contributed by atoms with E-state index in [1.165, 1.54) is 6.21 Å². The number of nitrogens with two attached hydrogens (primary N) is 2. The number of aromatic nitrogens is 1. The summed E-state index contributed by atoms with van der Waals surface area (Å²) < 4.78 is 0. The maximum atomic E-state index is 11.8. The lowest BCUT2D eigenvalue weighted by Gasteiger charge is -2.33. The molecule has 140 valence electrons. The average Bonchev–Trinajstić information content (AvgIpc) is 2.60. The quantitative estimate of drug-likeness (QED) is 0.622. The maximum Gasteiger partial charge on any atom is 0.247 e. The second-order valence-electron chi connectivity index (χ2n) is 6.96. The van der Waals surface area contributed by atoms with E-state index >= 15 is 0 Å². The molecule has 1 amide bonds. The number of aryl methyl sites for hydroxylation is 2. The minimum Gasteiger partial charge on any atom is -0.367 e. The molecule has 2 aliphatic rings. The van der Waals surface area contributed by atoms with Gasteiger partial charge in [0.2, 0.25) is 5.91 Å². The first-order valence-corrected chi connectivity index (χ1v) is 9.01. The Kier molecular flexibility index (Phi) is 5.41. The number of nitrogens with zero attached hydrogens (tertiary/aromatic N) is 3. The van der Waals surface area contributed by atoms with Gasteiger partial charge in [0, 0.05) is 24.0 Å². The van der Waals surface area contributed by atoms with Gasteiger partial charge in [-0.1, -0.05) is 18.9 Å². The van der Waals surface area contributed by atoms with Gasteiger partial charge in [-0.2, -0.15) is 0 Å². The summed E-state index contributed by atoms with van der Waals surface area (Å²) in [7, 11) is 0. The van der Waals surface area contributed by atoms with Crippen LogP contribution in [-0.2, 0) is 4.79 Å². The van der Waals surface area contributed by atoms with Crippen LogP contribution in [0.2, 0.25) is 0 Å². The monoisotopic (exact) mass is 357 g/mol. The summed E-state index contributed by atoms with van der Waals surface area (Å²) in [4.78, 5) is 20.6. The molecule has 3 atom stereocenters. The lowest BCUT2D eigenvalue weighted by Crippen LogP contribution is -2.50. The first kappa shape index (κ1) is 18.2. The molecule has 1 aromatic heterocycles. The summed E-state index contributed by atoms with van der Waals surface area (Å²) in [6.45, 7) is 3.94. The van der Waals surface area contributed by atoms with E-state index in [9.17, 15) is 4.79 Å². The number of carbonyl (C=O) groups excluding carboxylic acids is 1. The van der Waals surface area contributed by atoms with Crippen molar-refractivity contribution in [1.82, 2.24) is 15.3 Å². The molecule has 1 unspecified atom stereocenters. The van der Waals surface area contributed by atoms with Crippen molar-refractivity contribution in [2.75, 3.05) is 5.43 Å². The van der Waals surface area contributed by atoms with Gasteiger partial charge in [-0.25, -0.2) is 9.98 Å². The number of aliphatic imine (C=N–C) groups is 1. The normalized spacial score (nSPS) is 25.6. The zero-order valence-corrected chi connectivity index (χ0v) is 15.3. The van der Waals surface area contributed by atoms with Gasteiger partial charge in [0.1, 0.15) is 11.6 Å². The van der Waals surface area contributed by atoms with E-state index in [0.717, 1.165) is 36.9 Å². The smallest absolute Gasteiger partial charge is 0.247 e. The SMILES string of the molecule is Cc1ccc(NN2C=C(N[C@@H]3CCCC[C@@H]3N)N=CC2C(N)=O)nc1C. The summed E-state index contributed by atoms with van der Waals surface area (Å²) in [5.41, 5.74) is 16.9. The minimum absolute atomic E-state index is 0.108. The number of rotatable bonds is 5. The highest BCUT2D eigenvalue weighted by atomic mass is 16.1. The van der Waals surface area contributed by atoms with Gasteiger partial charge < -0.3 is 16.8 Å². The van der Waals surface area contributed by atoms with Crippen molar-refractivity contribution in [3.8, 4) is 0 Å². The molecule has 26 heavy (non-hydrogen) atoms. The standard InChI is InChI=1S/C18H27N7O/c1-11-7-8-16(22-12(11)2)24-25-10-17(21-9-15(25)18(20)26)23-14-6-4-3-5-13(14)19/h7-10,13-15,23H,3-6,19H2,1-2H3,(H2,20,26)(H,22,24)/t13-,14+,15?/m0/s1. The third-order valence-corrected chi connectivity index (χ3v) is 4.95. The molecule has 1 saturated carbocycles. The van der Waals surface area contributed by atoms with Crippen LogP contribution in [0.3, 0.4) is 0 Å². The molecule has 1 fully saturated rings. The Morgan fingerprint density at radius 2 is 2.04 bits per heavy atom. The summed E-state index contributed by atoms with van der Waals surface area (Å²) >= 11 is 0. The molecule has 8 nitrogen and oxygen atoms in total. The van der Waals surface area contributed by atoms with Gasteiger partial charge in [0.05, 0.1) is 6.20 Å². The van der Waals surface area contributed by atoms with Crippen LogP contribution in [0.1, 0.15) is 36.9 Å². The highest BCUT2D eigenvalue weighted by Crippen LogP contribution is 2.20. The first-order chi connectivity index (χ1) is 12.4. The van der Waals surface area contributed by atoms with E-state index in [0.29, 0.717) is 11.6 Å². The van der Waals surface area contributed by atoms with Gasteiger partial charge in [-0.05, 0) is 38.3 Å². The molecule has 3 rings (SSSR count). The van der Waals surface area contributed by atoms with Crippen molar-refractivity contribution in [2.45, 2.75) is 57.7 Å². The Labute approximate surface area is 153 Å². The molecule has 2 heterocycles. The fourth-order valence-electron chi connectivity index (χ4n) is 3.21. The molecular formula is C18H27N7O. The molecule has 0 saturated heterocycles. The first-order valence-electron chi connectivity index (χ1n) is 9.01. The Balaban J connectivity index is 1.77. The molecule has 1 aliphatic carbocycles. The van der Waals surface area contributed by atoms with E-state index in [4.69, 9.17) is 11.5 Å². The summed E-state index contributed by atoms with van der Waals surface area (Å²) in [6.07, 6.45) is 7.62. The average molecular weight is 357 g/mol. The molecule has 6 N–H and O–H groups in total. The van der Waals surface area contributed by atoms with E-state index in [1.54, 1.807) is 11.2 Å². The van der Waals surface area contributed by atoms with Crippen LogP contribution in [0.25, 0.3) is 0 Å². The summed E-state index contributed by atoms with van der Waals surface area (Å²) in [5.74, 6) is 0.801. The Morgan fingerprint density at radius 1 is 1.27 bits per heavy atom. The van der Waals surface area contributed by atoms with Crippen molar-refractivity contribution in [2.24, 2.45) is 16.5 Å². The molecule has 0 spiro atoms. The van der Waals surface area contributed by atoms with Crippen LogP contribution < -0.4 is 22.2 Å². The van der Waals surface area contributed by atoms with Gasteiger partial charge in [-0.3, -0.25) is 15.2 Å². The van der Waals surface area contributed by atoms with Crippen molar-refractivity contribution in [3.05, 3.63) is 35.4 Å². The van der Waals surface area contributed by atoms with E-state index in [1.807, 2.05) is 26.0 Å². The maximum absolute atomic E-state index is 11.8. The molecule has 8 heteroatoms. The molecule has 1 aromatic rings. The number of hydrogen-bond donors (Lipinski definition) is 4. The highest BCUT2D eigenvalue weighted by molar-refractivity contribution is 5.97. The zero-order chi connectivity index (χ0) is 18.7. The lowest BCUT2D eigenvalue weighted by atomic mass is 9.91. The van der Waals surface area contributed by atoms with E-state index < -0.39 is 11.9 Å². The number of pyridine rings is 1. The van der Waals surface area contributed by atoms with E-state index in [2.05, 4.69) is 20.7 Å². The Bertz CT molecular complexity index is 730. The number of primary amides is 1. The predicted octanol–water partition coefficient (Wildman–Crippen LogP) is 0.924. The second kappa shape index (κ2) is 7.74. The van der Waals surface area contributed by atoms with Crippen LogP contribution in [0.4, 0.5) is 5.82 Å².